The van der Waals surface area contributed by atoms with Gasteiger partial charge in [0.15, 0.2) is 0 Å². The third-order valence-corrected chi connectivity index (χ3v) is 4.89. The number of guanidine groups is 1. The molecule has 0 aliphatic carbocycles. The maximum absolute atomic E-state index is 12.8. The van der Waals surface area contributed by atoms with Gasteiger partial charge >= 0.3 is 12.0 Å². The fourth-order valence-electron chi connectivity index (χ4n) is 3.31. The van der Waals surface area contributed by atoms with Crippen LogP contribution in [0.5, 0.6) is 0 Å². The number of ether oxygens (including phenoxy) is 1. The van der Waals surface area contributed by atoms with Gasteiger partial charge in [-0.05, 0) is 5.56 Å². The smallest absolute Gasteiger partial charge is 0.385 e. The molecule has 1 aromatic carbocycles. The molecule has 150 valence electrons. The quantitative estimate of drug-likeness (QED) is 0.507. The highest BCUT2D eigenvalue weighted by Gasteiger charge is 2.51. The maximum Gasteiger partial charge on any atom is 0.390 e. The summed E-state index contributed by atoms with van der Waals surface area (Å²) >= 11 is 0. The molecule has 1 fully saturated rings. The van der Waals surface area contributed by atoms with E-state index in [0.717, 1.165) is 16.9 Å². The van der Waals surface area contributed by atoms with Crippen molar-refractivity contribution in [3.05, 3.63) is 35.9 Å². The molecule has 3 amide bonds. The molecular weight excluding hydrogens is 362 g/mol. The van der Waals surface area contributed by atoms with Crippen molar-refractivity contribution in [1.82, 2.24) is 15.1 Å². The molecule has 3 rings (SSSR count). The summed E-state index contributed by atoms with van der Waals surface area (Å²) in [4.78, 5) is 32.1. The second-order valence-corrected chi connectivity index (χ2v) is 6.79. The molecular formula is C19H26N5O4+. The summed E-state index contributed by atoms with van der Waals surface area (Å²) in [6, 6.07) is 8.06. The van der Waals surface area contributed by atoms with Gasteiger partial charge in [-0.25, -0.2) is 9.37 Å². The average Bonchev–Trinajstić information content (AvgIpc) is 3.07. The van der Waals surface area contributed by atoms with Gasteiger partial charge in [0.05, 0.1) is 13.1 Å². The lowest BCUT2D eigenvalue weighted by Gasteiger charge is -2.32. The minimum atomic E-state index is -0.812. The van der Waals surface area contributed by atoms with Gasteiger partial charge in [0.2, 0.25) is 11.9 Å². The highest BCUT2D eigenvalue weighted by Crippen LogP contribution is 2.21. The Morgan fingerprint density at radius 3 is 2.64 bits per heavy atom. The Labute approximate surface area is 163 Å². The molecule has 1 saturated heterocycles. The van der Waals surface area contributed by atoms with Crippen molar-refractivity contribution in [2.45, 2.75) is 18.6 Å². The van der Waals surface area contributed by atoms with Crippen LogP contribution < -0.4 is 5.32 Å². The van der Waals surface area contributed by atoms with E-state index in [-0.39, 0.29) is 12.5 Å². The summed E-state index contributed by atoms with van der Waals surface area (Å²) in [6.45, 7) is 1.34. The number of amidine groups is 1. The van der Waals surface area contributed by atoms with E-state index in [1.54, 1.807) is 18.7 Å². The van der Waals surface area contributed by atoms with Crippen molar-refractivity contribution < 1.29 is 24.0 Å². The molecule has 9 nitrogen and oxygen atoms in total. The number of methoxy groups -OCH3 is 1. The van der Waals surface area contributed by atoms with Crippen LogP contribution in [-0.4, -0.2) is 90.2 Å². The monoisotopic (exact) mass is 388 g/mol. The standard InChI is InChI=1S/C19H25N5O4/c1-22-16-15(17(26)23(2)19(22)27)24(18(21-16)20-10-7-11-28-3)12-14(25)13-8-5-4-6-9-13/h4-6,8-9,14-15,25H,7,10-12H2,1-3H3/p+1. The second kappa shape index (κ2) is 8.49. The third kappa shape index (κ3) is 3.76. The molecule has 0 radical (unpaired) electrons. The van der Waals surface area contributed by atoms with Gasteiger partial charge in [0.1, 0.15) is 6.10 Å². The number of rotatable bonds is 7. The number of nitrogens with one attached hydrogen (secondary N) is 1. The summed E-state index contributed by atoms with van der Waals surface area (Å²) in [5.74, 6) is 0.466. The van der Waals surface area contributed by atoms with Crippen LogP contribution in [-0.2, 0) is 9.53 Å². The molecule has 2 aliphatic rings. The van der Waals surface area contributed by atoms with Gasteiger partial charge in [-0.15, -0.1) is 0 Å². The molecule has 0 saturated carbocycles. The summed E-state index contributed by atoms with van der Waals surface area (Å²) < 4.78 is 6.78. The minimum absolute atomic E-state index is 0.163. The van der Waals surface area contributed by atoms with Crippen LogP contribution in [0.25, 0.3) is 0 Å². The summed E-state index contributed by atoms with van der Waals surface area (Å²) in [5.41, 5.74) is 0.746. The molecule has 0 bridgehead atoms. The molecule has 2 N–H and O–H groups in total. The van der Waals surface area contributed by atoms with E-state index in [1.807, 2.05) is 30.3 Å². The van der Waals surface area contributed by atoms with Crippen molar-refractivity contribution in [2.24, 2.45) is 4.99 Å². The molecule has 2 aliphatic heterocycles. The van der Waals surface area contributed by atoms with E-state index >= 15 is 0 Å². The molecule has 2 atom stereocenters. The molecule has 2 unspecified atom stereocenters. The number of hydrogen-bond acceptors (Lipinski definition) is 6. The molecule has 1 aromatic rings. The largest absolute Gasteiger partial charge is 0.390 e. The van der Waals surface area contributed by atoms with E-state index in [0.29, 0.717) is 24.9 Å². The van der Waals surface area contributed by atoms with E-state index in [9.17, 15) is 14.7 Å². The van der Waals surface area contributed by atoms with Gasteiger partial charge in [0, 0.05) is 34.2 Å². The first-order valence-corrected chi connectivity index (χ1v) is 9.19. The van der Waals surface area contributed by atoms with Crippen molar-refractivity contribution in [3.8, 4) is 0 Å². The number of aliphatic hydroxyl groups is 1. The van der Waals surface area contributed by atoms with Crippen LogP contribution in [0.1, 0.15) is 18.1 Å². The highest BCUT2D eigenvalue weighted by molar-refractivity contribution is 6.22. The van der Waals surface area contributed by atoms with Crippen LogP contribution in [0.4, 0.5) is 4.79 Å². The lowest BCUT2D eigenvalue weighted by Crippen LogP contribution is -2.61. The normalized spacial score (nSPS) is 20.4. The summed E-state index contributed by atoms with van der Waals surface area (Å²) in [5, 5.41) is 13.9. The van der Waals surface area contributed by atoms with Crippen LogP contribution in [0, 0.1) is 0 Å². The van der Waals surface area contributed by atoms with E-state index < -0.39 is 18.2 Å². The van der Waals surface area contributed by atoms with Crippen LogP contribution in [0.3, 0.4) is 0 Å². The number of aliphatic imine (C=N–C) groups is 1. The Kier molecular flexibility index (Phi) is 6.05. The number of likely N-dealkylation sites (N-methyl/N-ethyl adjacent to an activating group) is 2. The highest BCUT2D eigenvalue weighted by atomic mass is 16.5. The predicted molar refractivity (Wildman–Crippen MR) is 103 cm³/mol. The fraction of sp³-hybridized carbons (Fsp3) is 0.474. The van der Waals surface area contributed by atoms with Crippen LogP contribution >= 0.6 is 0 Å². The van der Waals surface area contributed by atoms with Gasteiger partial charge in [-0.1, -0.05) is 35.3 Å². The molecule has 2 heterocycles. The first-order valence-electron chi connectivity index (χ1n) is 9.19. The Morgan fingerprint density at radius 2 is 1.96 bits per heavy atom. The molecule has 9 heteroatoms. The number of amides is 3. The molecule has 28 heavy (non-hydrogen) atoms. The summed E-state index contributed by atoms with van der Waals surface area (Å²) in [7, 11) is 4.68. The zero-order chi connectivity index (χ0) is 20.3. The Bertz CT molecular complexity index is 808. The van der Waals surface area contributed by atoms with Crippen LogP contribution in [0.2, 0.25) is 0 Å². The van der Waals surface area contributed by atoms with Crippen molar-refractivity contribution >= 4 is 23.7 Å². The number of β-amino-alcohol motifs (C(OH)–C–C–N with tert-alkyl or cyclic N) is 1. The van der Waals surface area contributed by atoms with E-state index in [2.05, 4.69) is 10.3 Å². The molecule has 0 aromatic heterocycles. The van der Waals surface area contributed by atoms with E-state index in [1.165, 1.54) is 11.9 Å². The topological polar surface area (TPSA) is 97.5 Å². The lowest BCUT2D eigenvalue weighted by molar-refractivity contribution is -0.546. The number of benzene rings is 1. The van der Waals surface area contributed by atoms with Crippen molar-refractivity contribution in [1.29, 1.82) is 0 Å². The first-order chi connectivity index (χ1) is 13.5. The average molecular weight is 388 g/mol. The number of carbonyl (C=O) groups excluding carboxylic acids is 2. The number of fused-ring (bicyclic) bond motifs is 1. The van der Waals surface area contributed by atoms with E-state index in [4.69, 9.17) is 4.74 Å². The summed E-state index contributed by atoms with van der Waals surface area (Å²) in [6.07, 6.45) is -0.0553. The van der Waals surface area contributed by atoms with Crippen molar-refractivity contribution in [3.63, 3.8) is 0 Å². The fourth-order valence-corrected chi connectivity index (χ4v) is 3.31. The number of imide groups is 1. The predicted octanol–water partition coefficient (Wildman–Crippen LogP) is 0.0191. The van der Waals surface area contributed by atoms with Gasteiger partial charge in [-0.2, -0.15) is 0 Å². The lowest BCUT2D eigenvalue weighted by atomic mass is 10.1. The number of carbonyl (C=O) groups is 2. The Balaban J connectivity index is 1.89. The zero-order valence-corrected chi connectivity index (χ0v) is 16.3. The van der Waals surface area contributed by atoms with Gasteiger partial charge in [-0.3, -0.25) is 19.9 Å². The first kappa shape index (κ1) is 20.0. The Hall–Kier alpha value is -2.78. The number of aliphatic hydroxyl groups excluding tert-OH is 1. The zero-order valence-electron chi connectivity index (χ0n) is 16.3. The van der Waals surface area contributed by atoms with Gasteiger partial charge in [0.25, 0.3) is 5.91 Å². The van der Waals surface area contributed by atoms with Crippen LogP contribution in [0.15, 0.2) is 35.3 Å². The third-order valence-electron chi connectivity index (χ3n) is 4.89. The van der Waals surface area contributed by atoms with Gasteiger partial charge < -0.3 is 9.84 Å². The SMILES string of the molecule is COCCCNC1=[N+](CC(O)c2ccccc2)C2C(=O)N(C)C(=O)N(C)C2=N1. The second-order valence-electron chi connectivity index (χ2n) is 6.79. The number of nitrogens with zero attached hydrogens (tertiary/aromatic N) is 4. The number of hydrogen-bond donors (Lipinski definition) is 2. The Morgan fingerprint density at radius 1 is 1.25 bits per heavy atom. The maximum atomic E-state index is 12.8. The minimum Gasteiger partial charge on any atom is -0.385 e. The number of urea groups is 1. The molecule has 0 spiro atoms. The van der Waals surface area contributed by atoms with Crippen molar-refractivity contribution in [2.75, 3.05) is 40.9 Å².